The average Bonchev–Trinajstić information content (AvgIpc) is 2.97. The average molecular weight is 350 g/mol. The Morgan fingerprint density at radius 1 is 1.33 bits per heavy atom. The van der Waals surface area contributed by atoms with Crippen LogP contribution in [0.25, 0.3) is 5.65 Å². The monoisotopic (exact) mass is 349 g/mol. The molecule has 7 nitrogen and oxygen atoms in total. The van der Waals surface area contributed by atoms with Crippen molar-refractivity contribution in [1.29, 1.82) is 0 Å². The Hall–Kier alpha value is -1.99. The van der Waals surface area contributed by atoms with Gasteiger partial charge in [-0.05, 0) is 13.8 Å². The van der Waals surface area contributed by atoms with Gasteiger partial charge in [0.05, 0.1) is 24.6 Å². The molecule has 0 saturated heterocycles. The first-order valence-corrected chi connectivity index (χ1v) is 8.35. The predicted octanol–water partition coefficient (Wildman–Crippen LogP) is 2.67. The smallest absolute Gasteiger partial charge is 0.177 e. The number of nitrogens with one attached hydrogen (secondary N) is 2. The van der Waals surface area contributed by atoms with Crippen molar-refractivity contribution in [3.8, 4) is 0 Å². The number of halogens is 1. The number of amidine groups is 1. The van der Waals surface area contributed by atoms with Crippen LogP contribution in [-0.4, -0.2) is 51.8 Å². The van der Waals surface area contributed by atoms with Crippen LogP contribution in [0, 0.1) is 0 Å². The van der Waals surface area contributed by atoms with E-state index in [0.717, 1.165) is 30.3 Å². The van der Waals surface area contributed by atoms with E-state index >= 15 is 0 Å². The number of rotatable bonds is 7. The highest BCUT2D eigenvalue weighted by atomic mass is 35.5. The minimum Gasteiger partial charge on any atom is -0.341 e. The van der Waals surface area contributed by atoms with Crippen molar-refractivity contribution in [2.75, 3.05) is 25.0 Å². The molecule has 0 aliphatic rings. The van der Waals surface area contributed by atoms with Crippen LogP contribution in [0.15, 0.2) is 28.4 Å². The molecule has 0 bridgehead atoms. The standard InChI is InChI=1S/C16H24ClN7/c1-11(2)18-5-6-19-12(3)10-21-13(4)22-14-9-15(17)23-24-8-7-20-16(14)24/h7-9,11,18H,5-6,10H2,1-4H3,(H,21,22). The first kappa shape index (κ1) is 18.4. The van der Waals surface area contributed by atoms with Gasteiger partial charge in [0, 0.05) is 36.8 Å². The minimum atomic E-state index is 0.395. The van der Waals surface area contributed by atoms with Crippen LogP contribution in [0.3, 0.4) is 0 Å². The molecule has 0 aliphatic heterocycles. The van der Waals surface area contributed by atoms with Gasteiger partial charge in [0.2, 0.25) is 0 Å². The van der Waals surface area contributed by atoms with Gasteiger partial charge in [-0.15, -0.1) is 0 Å². The molecule has 0 amide bonds. The van der Waals surface area contributed by atoms with Gasteiger partial charge in [-0.1, -0.05) is 25.4 Å². The SMILES string of the molecule is CC(CN=C(C)Nc1cc(Cl)nn2ccnc12)=NCCNC(C)C. The number of nitrogens with zero attached hydrogens (tertiary/aromatic N) is 5. The van der Waals surface area contributed by atoms with Gasteiger partial charge in [-0.25, -0.2) is 9.50 Å². The lowest BCUT2D eigenvalue weighted by Gasteiger charge is -2.08. The molecule has 0 atom stereocenters. The van der Waals surface area contributed by atoms with Crippen molar-refractivity contribution < 1.29 is 0 Å². The van der Waals surface area contributed by atoms with Crippen LogP contribution in [0.2, 0.25) is 5.15 Å². The summed E-state index contributed by atoms with van der Waals surface area (Å²) in [6.07, 6.45) is 3.43. The van der Waals surface area contributed by atoms with Gasteiger partial charge in [0.1, 0.15) is 0 Å². The van der Waals surface area contributed by atoms with Gasteiger partial charge >= 0.3 is 0 Å². The molecular formula is C16H24ClN7. The summed E-state index contributed by atoms with van der Waals surface area (Å²) in [4.78, 5) is 13.3. The summed E-state index contributed by atoms with van der Waals surface area (Å²) in [5.41, 5.74) is 2.48. The Morgan fingerprint density at radius 3 is 2.88 bits per heavy atom. The maximum atomic E-state index is 6.02. The van der Waals surface area contributed by atoms with Crippen molar-refractivity contribution in [3.05, 3.63) is 23.6 Å². The lowest BCUT2D eigenvalue weighted by atomic mass is 10.4. The molecule has 24 heavy (non-hydrogen) atoms. The van der Waals surface area contributed by atoms with Gasteiger partial charge < -0.3 is 10.6 Å². The van der Waals surface area contributed by atoms with E-state index in [1.54, 1.807) is 23.0 Å². The molecule has 0 aliphatic carbocycles. The number of aromatic nitrogens is 3. The van der Waals surface area contributed by atoms with Crippen molar-refractivity contribution in [2.24, 2.45) is 9.98 Å². The molecule has 2 aromatic rings. The minimum absolute atomic E-state index is 0.395. The summed E-state index contributed by atoms with van der Waals surface area (Å²) < 4.78 is 1.63. The second kappa shape index (κ2) is 8.75. The largest absolute Gasteiger partial charge is 0.341 e. The molecule has 2 aromatic heterocycles. The van der Waals surface area contributed by atoms with E-state index in [2.05, 4.69) is 44.5 Å². The first-order valence-electron chi connectivity index (χ1n) is 7.97. The summed E-state index contributed by atoms with van der Waals surface area (Å²) in [6.45, 7) is 10.3. The fourth-order valence-electron chi connectivity index (χ4n) is 2.10. The number of hydrogen-bond acceptors (Lipinski definition) is 5. The Kier molecular flexibility index (Phi) is 6.69. The predicted molar refractivity (Wildman–Crippen MR) is 101 cm³/mol. The molecule has 2 N–H and O–H groups in total. The van der Waals surface area contributed by atoms with Crippen LogP contribution < -0.4 is 10.6 Å². The lowest BCUT2D eigenvalue weighted by molar-refractivity contribution is 0.596. The van der Waals surface area contributed by atoms with Crippen LogP contribution in [0.5, 0.6) is 0 Å². The highest BCUT2D eigenvalue weighted by Gasteiger charge is 2.06. The summed E-state index contributed by atoms with van der Waals surface area (Å²) in [5.74, 6) is 0.775. The highest BCUT2D eigenvalue weighted by molar-refractivity contribution is 6.29. The van der Waals surface area contributed by atoms with Crippen LogP contribution in [-0.2, 0) is 0 Å². The maximum absolute atomic E-state index is 6.02. The van der Waals surface area contributed by atoms with E-state index in [1.165, 1.54) is 0 Å². The third-order valence-electron chi connectivity index (χ3n) is 3.24. The zero-order valence-electron chi connectivity index (χ0n) is 14.5. The fourth-order valence-corrected chi connectivity index (χ4v) is 2.29. The molecule has 0 unspecified atom stereocenters. The van der Waals surface area contributed by atoms with E-state index in [9.17, 15) is 0 Å². The zero-order chi connectivity index (χ0) is 17.5. The fraction of sp³-hybridized carbons (Fsp3) is 0.500. The number of hydrogen-bond donors (Lipinski definition) is 2. The van der Waals surface area contributed by atoms with Crippen LogP contribution >= 0.6 is 11.6 Å². The van der Waals surface area contributed by atoms with Gasteiger partial charge in [0.25, 0.3) is 0 Å². The number of aliphatic imine (C=N–C) groups is 2. The van der Waals surface area contributed by atoms with E-state index in [1.807, 2.05) is 13.8 Å². The Morgan fingerprint density at radius 2 is 2.12 bits per heavy atom. The van der Waals surface area contributed by atoms with Crippen molar-refractivity contribution in [3.63, 3.8) is 0 Å². The summed E-state index contributed by atoms with van der Waals surface area (Å²) in [5, 5.41) is 11.1. The second-order valence-electron chi connectivity index (χ2n) is 5.83. The van der Waals surface area contributed by atoms with Gasteiger partial charge in [-0.3, -0.25) is 9.98 Å². The topological polar surface area (TPSA) is 79.0 Å². The maximum Gasteiger partial charge on any atom is 0.177 e. The normalized spacial score (nSPS) is 13.1. The Bertz CT molecular complexity index is 733. The Balaban J connectivity index is 1.93. The van der Waals surface area contributed by atoms with Crippen molar-refractivity contribution in [2.45, 2.75) is 33.7 Å². The molecule has 0 saturated carbocycles. The molecule has 8 heteroatoms. The molecule has 2 rings (SSSR count). The summed E-state index contributed by atoms with van der Waals surface area (Å²) in [7, 11) is 0. The molecule has 0 spiro atoms. The molecule has 130 valence electrons. The quantitative estimate of drug-likeness (QED) is 0.457. The lowest BCUT2D eigenvalue weighted by Crippen LogP contribution is -2.25. The highest BCUT2D eigenvalue weighted by Crippen LogP contribution is 2.18. The third kappa shape index (κ3) is 5.58. The molecule has 2 heterocycles. The molecule has 0 fully saturated rings. The second-order valence-corrected chi connectivity index (χ2v) is 6.22. The van der Waals surface area contributed by atoms with Gasteiger partial charge in [-0.2, -0.15) is 5.10 Å². The van der Waals surface area contributed by atoms with Crippen LogP contribution in [0.4, 0.5) is 5.69 Å². The molecule has 0 aromatic carbocycles. The van der Waals surface area contributed by atoms with Gasteiger partial charge in [0.15, 0.2) is 10.8 Å². The summed E-state index contributed by atoms with van der Waals surface area (Å²) in [6, 6.07) is 2.22. The number of fused-ring (bicyclic) bond motifs is 1. The molecular weight excluding hydrogens is 326 g/mol. The van der Waals surface area contributed by atoms with Crippen LogP contribution in [0.1, 0.15) is 27.7 Å². The molecule has 0 radical (unpaired) electrons. The summed E-state index contributed by atoms with van der Waals surface area (Å²) >= 11 is 6.02. The number of anilines is 1. The first-order chi connectivity index (χ1) is 11.5. The van der Waals surface area contributed by atoms with E-state index in [0.29, 0.717) is 23.4 Å². The van der Waals surface area contributed by atoms with E-state index in [4.69, 9.17) is 11.6 Å². The van der Waals surface area contributed by atoms with E-state index < -0.39 is 0 Å². The van der Waals surface area contributed by atoms with Crippen molar-refractivity contribution in [1.82, 2.24) is 19.9 Å². The zero-order valence-corrected chi connectivity index (χ0v) is 15.3. The number of imidazole rings is 1. The Labute approximate surface area is 147 Å². The third-order valence-corrected chi connectivity index (χ3v) is 3.42. The van der Waals surface area contributed by atoms with Crippen molar-refractivity contribution >= 4 is 34.5 Å². The van der Waals surface area contributed by atoms with E-state index in [-0.39, 0.29) is 0 Å².